The Morgan fingerprint density at radius 3 is 1.64 bits per heavy atom. The minimum atomic E-state index is 0.157. The fourth-order valence-corrected chi connectivity index (χ4v) is 3.68. The van der Waals surface area contributed by atoms with Gasteiger partial charge in [0.2, 0.25) is 5.91 Å². The lowest BCUT2D eigenvalue weighted by Gasteiger charge is -2.07. The van der Waals surface area contributed by atoms with Crippen LogP contribution in [0.5, 0.6) is 0 Å². The van der Waals surface area contributed by atoms with Crippen LogP contribution in [0.4, 0.5) is 5.69 Å². The molecule has 0 atom stereocenters. The number of unbranched alkanes of at least 4 members (excludes halogenated alkanes) is 13. The smallest absolute Gasteiger partial charge is 0.224 e. The summed E-state index contributed by atoms with van der Waals surface area (Å²) in [6, 6.07) is 8.46. The summed E-state index contributed by atoms with van der Waals surface area (Å²) in [4.78, 5) is 12.1. The molecule has 1 aromatic carbocycles. The minimum absolute atomic E-state index is 0.157. The maximum atomic E-state index is 12.1. The Labute approximate surface area is 174 Å². The van der Waals surface area contributed by atoms with Gasteiger partial charge in [0.15, 0.2) is 0 Å². The van der Waals surface area contributed by atoms with Crippen molar-refractivity contribution in [2.24, 2.45) is 0 Å². The SMILES string of the molecule is CCCCCCCCCCc1ccc(NC(=O)CCCCCCCCC)cc1. The van der Waals surface area contributed by atoms with Gasteiger partial charge in [-0.25, -0.2) is 0 Å². The second-order valence-corrected chi connectivity index (χ2v) is 8.34. The predicted octanol–water partition coefficient (Wildman–Crippen LogP) is 8.45. The first-order valence-electron chi connectivity index (χ1n) is 12.1. The Kier molecular flexibility index (Phi) is 15.7. The normalized spacial score (nSPS) is 10.9. The van der Waals surface area contributed by atoms with E-state index in [9.17, 15) is 4.79 Å². The molecule has 0 fully saturated rings. The van der Waals surface area contributed by atoms with Gasteiger partial charge >= 0.3 is 0 Å². The van der Waals surface area contributed by atoms with E-state index in [-0.39, 0.29) is 5.91 Å². The van der Waals surface area contributed by atoms with Crippen LogP contribution < -0.4 is 5.32 Å². The summed E-state index contributed by atoms with van der Waals surface area (Å²) in [5, 5.41) is 3.04. The predicted molar refractivity (Wildman–Crippen MR) is 124 cm³/mol. The van der Waals surface area contributed by atoms with E-state index in [1.54, 1.807) is 0 Å². The molecule has 0 aromatic heterocycles. The number of rotatable bonds is 18. The van der Waals surface area contributed by atoms with Crippen LogP contribution in [0.15, 0.2) is 24.3 Å². The van der Waals surface area contributed by atoms with Crippen molar-refractivity contribution in [3.63, 3.8) is 0 Å². The fraction of sp³-hybridized carbons (Fsp3) is 0.731. The third-order valence-corrected chi connectivity index (χ3v) is 5.56. The zero-order valence-electron chi connectivity index (χ0n) is 18.7. The van der Waals surface area contributed by atoms with E-state index < -0.39 is 0 Å². The first kappa shape index (κ1) is 24.7. The zero-order chi connectivity index (χ0) is 20.3. The maximum absolute atomic E-state index is 12.1. The monoisotopic (exact) mass is 387 g/mol. The van der Waals surface area contributed by atoms with Gasteiger partial charge in [0.25, 0.3) is 0 Å². The third-order valence-electron chi connectivity index (χ3n) is 5.56. The number of anilines is 1. The van der Waals surface area contributed by atoms with Crippen LogP contribution >= 0.6 is 0 Å². The van der Waals surface area contributed by atoms with Crippen molar-refractivity contribution in [1.29, 1.82) is 0 Å². The summed E-state index contributed by atoms with van der Waals surface area (Å²) in [5.41, 5.74) is 2.32. The highest BCUT2D eigenvalue weighted by molar-refractivity contribution is 5.90. The second-order valence-electron chi connectivity index (χ2n) is 8.34. The molecular formula is C26H45NO. The Morgan fingerprint density at radius 2 is 1.11 bits per heavy atom. The first-order valence-corrected chi connectivity index (χ1v) is 12.1. The molecular weight excluding hydrogens is 342 g/mol. The van der Waals surface area contributed by atoms with Gasteiger partial charge in [-0.15, -0.1) is 0 Å². The van der Waals surface area contributed by atoms with E-state index in [4.69, 9.17) is 0 Å². The fourth-order valence-electron chi connectivity index (χ4n) is 3.68. The molecule has 160 valence electrons. The number of hydrogen-bond acceptors (Lipinski definition) is 1. The molecule has 2 nitrogen and oxygen atoms in total. The molecule has 0 aliphatic rings. The number of carbonyl (C=O) groups is 1. The molecule has 0 aliphatic heterocycles. The number of aryl methyl sites for hydroxylation is 1. The lowest BCUT2D eigenvalue weighted by Crippen LogP contribution is -2.11. The molecule has 1 rings (SSSR count). The number of amides is 1. The van der Waals surface area contributed by atoms with Crippen LogP contribution in [0.3, 0.4) is 0 Å². The van der Waals surface area contributed by atoms with Crippen LogP contribution in [-0.2, 0) is 11.2 Å². The van der Waals surface area contributed by atoms with Gasteiger partial charge < -0.3 is 5.32 Å². The maximum Gasteiger partial charge on any atom is 0.224 e. The van der Waals surface area contributed by atoms with Crippen molar-refractivity contribution in [2.45, 2.75) is 123 Å². The number of hydrogen-bond donors (Lipinski definition) is 1. The quantitative estimate of drug-likeness (QED) is 0.251. The van der Waals surface area contributed by atoms with Gasteiger partial charge in [0, 0.05) is 12.1 Å². The molecule has 1 aromatic rings. The molecule has 0 aliphatic carbocycles. The molecule has 0 heterocycles. The zero-order valence-corrected chi connectivity index (χ0v) is 18.7. The number of benzene rings is 1. The summed E-state index contributed by atoms with van der Waals surface area (Å²) in [6.45, 7) is 4.51. The van der Waals surface area contributed by atoms with E-state index in [0.717, 1.165) is 18.5 Å². The molecule has 2 heteroatoms. The van der Waals surface area contributed by atoms with E-state index in [0.29, 0.717) is 6.42 Å². The van der Waals surface area contributed by atoms with Gasteiger partial charge in [-0.05, 0) is 37.0 Å². The van der Waals surface area contributed by atoms with Crippen LogP contribution in [0.1, 0.15) is 122 Å². The molecule has 1 amide bonds. The molecule has 0 bridgehead atoms. The van der Waals surface area contributed by atoms with Crippen LogP contribution in [-0.4, -0.2) is 5.91 Å². The summed E-state index contributed by atoms with van der Waals surface area (Å²) in [6.07, 6.45) is 21.4. The van der Waals surface area contributed by atoms with Gasteiger partial charge in [-0.1, -0.05) is 109 Å². The van der Waals surface area contributed by atoms with Crippen molar-refractivity contribution in [3.05, 3.63) is 29.8 Å². The highest BCUT2D eigenvalue weighted by Crippen LogP contribution is 2.15. The Hall–Kier alpha value is -1.31. The Balaban J connectivity index is 2.06. The van der Waals surface area contributed by atoms with Gasteiger partial charge in [0.1, 0.15) is 0 Å². The van der Waals surface area contributed by atoms with Crippen molar-refractivity contribution < 1.29 is 4.79 Å². The molecule has 28 heavy (non-hydrogen) atoms. The molecule has 0 saturated heterocycles. The summed E-state index contributed by atoms with van der Waals surface area (Å²) >= 11 is 0. The molecule has 1 N–H and O–H groups in total. The summed E-state index contributed by atoms with van der Waals surface area (Å²) < 4.78 is 0. The van der Waals surface area contributed by atoms with Crippen molar-refractivity contribution in [1.82, 2.24) is 0 Å². The van der Waals surface area contributed by atoms with E-state index in [1.807, 2.05) is 0 Å². The van der Waals surface area contributed by atoms with Gasteiger partial charge in [-0.2, -0.15) is 0 Å². The van der Waals surface area contributed by atoms with Crippen LogP contribution in [0.2, 0.25) is 0 Å². The topological polar surface area (TPSA) is 29.1 Å². The largest absolute Gasteiger partial charge is 0.326 e. The van der Waals surface area contributed by atoms with Crippen LogP contribution in [0.25, 0.3) is 0 Å². The first-order chi connectivity index (χ1) is 13.8. The Bertz CT molecular complexity index is 480. The van der Waals surface area contributed by atoms with E-state index in [1.165, 1.54) is 95.5 Å². The lowest BCUT2D eigenvalue weighted by molar-refractivity contribution is -0.116. The molecule has 0 spiro atoms. The number of nitrogens with one attached hydrogen (secondary N) is 1. The van der Waals surface area contributed by atoms with Crippen molar-refractivity contribution in [3.8, 4) is 0 Å². The third kappa shape index (κ3) is 13.8. The van der Waals surface area contributed by atoms with Crippen LogP contribution in [0, 0.1) is 0 Å². The van der Waals surface area contributed by atoms with Crippen molar-refractivity contribution in [2.75, 3.05) is 5.32 Å². The van der Waals surface area contributed by atoms with E-state index >= 15 is 0 Å². The molecule has 0 unspecified atom stereocenters. The number of carbonyl (C=O) groups excluding carboxylic acids is 1. The highest BCUT2D eigenvalue weighted by Gasteiger charge is 2.03. The summed E-state index contributed by atoms with van der Waals surface area (Å²) in [5.74, 6) is 0.157. The molecule has 0 radical (unpaired) electrons. The Morgan fingerprint density at radius 1 is 0.643 bits per heavy atom. The average Bonchev–Trinajstić information content (AvgIpc) is 2.70. The molecule has 0 saturated carbocycles. The van der Waals surface area contributed by atoms with Gasteiger partial charge in [0.05, 0.1) is 0 Å². The second kappa shape index (κ2) is 17.8. The average molecular weight is 388 g/mol. The standard InChI is InChI=1S/C26H45NO/c1-3-5-7-9-11-13-14-16-18-24-20-22-25(23-21-24)27-26(28)19-17-15-12-10-8-6-4-2/h20-23H,3-19H2,1-2H3,(H,27,28). The minimum Gasteiger partial charge on any atom is -0.326 e. The van der Waals surface area contributed by atoms with E-state index in [2.05, 4.69) is 43.4 Å². The highest BCUT2D eigenvalue weighted by atomic mass is 16.1. The lowest BCUT2D eigenvalue weighted by atomic mass is 10.0. The summed E-state index contributed by atoms with van der Waals surface area (Å²) in [7, 11) is 0. The van der Waals surface area contributed by atoms with Gasteiger partial charge in [-0.3, -0.25) is 4.79 Å². The van der Waals surface area contributed by atoms with Crippen molar-refractivity contribution >= 4 is 11.6 Å².